The van der Waals surface area contributed by atoms with Gasteiger partial charge in [0.15, 0.2) is 23.0 Å². The van der Waals surface area contributed by atoms with Crippen LogP contribution < -0.4 is 14.8 Å². The van der Waals surface area contributed by atoms with E-state index in [2.05, 4.69) is 10.3 Å². The van der Waals surface area contributed by atoms with Gasteiger partial charge in [0, 0.05) is 17.1 Å². The van der Waals surface area contributed by atoms with E-state index in [0.717, 1.165) is 10.7 Å². The van der Waals surface area contributed by atoms with Gasteiger partial charge in [-0.1, -0.05) is 0 Å². The van der Waals surface area contributed by atoms with Crippen LogP contribution in [-0.2, 0) is 0 Å². The summed E-state index contributed by atoms with van der Waals surface area (Å²) in [6.07, 6.45) is 0. The van der Waals surface area contributed by atoms with Crippen molar-refractivity contribution in [2.75, 3.05) is 12.1 Å². The molecule has 1 aliphatic heterocycles. The summed E-state index contributed by atoms with van der Waals surface area (Å²) in [6, 6.07) is 8.59. The molecule has 0 saturated carbocycles. The van der Waals surface area contributed by atoms with Gasteiger partial charge >= 0.3 is 0 Å². The normalized spacial score (nSPS) is 12.4. The van der Waals surface area contributed by atoms with Crippen LogP contribution in [0.5, 0.6) is 11.5 Å². The Hall–Kier alpha value is -2.80. The second kappa shape index (κ2) is 5.44. The lowest BCUT2D eigenvalue weighted by Gasteiger charge is -2.04. The van der Waals surface area contributed by atoms with Gasteiger partial charge in [-0.25, -0.2) is 4.98 Å². The fraction of sp³-hybridized carbons (Fsp3) is 0.125. The summed E-state index contributed by atoms with van der Waals surface area (Å²) >= 11 is 1.53. The molecule has 0 saturated heterocycles. The number of hydrogen-bond acceptors (Lipinski definition) is 6. The highest BCUT2D eigenvalue weighted by molar-refractivity contribution is 7.09. The summed E-state index contributed by atoms with van der Waals surface area (Å²) in [7, 11) is 0. The third-order valence-electron chi connectivity index (χ3n) is 3.33. The zero-order valence-electron chi connectivity index (χ0n) is 12.2. The molecule has 1 aliphatic rings. The van der Waals surface area contributed by atoms with Crippen LogP contribution in [0.25, 0.3) is 11.5 Å². The Bertz CT molecular complexity index is 884. The molecular formula is C16H12N2O4S. The minimum Gasteiger partial charge on any atom is -0.454 e. The van der Waals surface area contributed by atoms with Crippen LogP contribution in [-0.4, -0.2) is 17.7 Å². The van der Waals surface area contributed by atoms with Crippen molar-refractivity contribution in [3.05, 3.63) is 46.5 Å². The lowest BCUT2D eigenvalue weighted by Crippen LogP contribution is -2.10. The number of nitrogens with one attached hydrogen (secondary N) is 1. The number of hydrogen-bond donors (Lipinski definition) is 1. The first kappa shape index (κ1) is 13.8. The molecule has 0 aliphatic carbocycles. The number of carbonyl (C=O) groups excluding carboxylic acids is 1. The molecule has 7 heteroatoms. The van der Waals surface area contributed by atoms with Gasteiger partial charge in [-0.05, 0) is 31.2 Å². The summed E-state index contributed by atoms with van der Waals surface area (Å²) in [5, 5.41) is 5.62. The molecule has 0 fully saturated rings. The molecular weight excluding hydrogens is 316 g/mol. The summed E-state index contributed by atoms with van der Waals surface area (Å²) in [5.41, 5.74) is 1.34. The number of rotatable bonds is 3. The van der Waals surface area contributed by atoms with Gasteiger partial charge in [0.05, 0.1) is 5.01 Å². The van der Waals surface area contributed by atoms with Crippen LogP contribution in [0.3, 0.4) is 0 Å². The molecule has 0 atom stereocenters. The predicted octanol–water partition coefficient (Wildman–Crippen LogP) is 3.69. The van der Waals surface area contributed by atoms with Gasteiger partial charge in [0.1, 0.15) is 5.69 Å². The fourth-order valence-corrected chi connectivity index (χ4v) is 2.84. The standard InChI is InChI=1S/C16H12N2O4S/c1-9-17-11(7-23-9)12-4-5-14(22-12)16(19)18-10-2-3-13-15(6-10)21-8-20-13/h2-7H,8H2,1H3,(H,18,19). The third kappa shape index (κ3) is 2.66. The average Bonchev–Trinajstić information content (AvgIpc) is 3.26. The minimum absolute atomic E-state index is 0.196. The topological polar surface area (TPSA) is 73.6 Å². The van der Waals surface area contributed by atoms with Crippen molar-refractivity contribution < 1.29 is 18.7 Å². The second-order valence-corrected chi connectivity index (χ2v) is 6.00. The Morgan fingerprint density at radius 3 is 2.91 bits per heavy atom. The van der Waals surface area contributed by atoms with Crippen molar-refractivity contribution in [2.45, 2.75) is 6.92 Å². The van der Waals surface area contributed by atoms with E-state index >= 15 is 0 Å². The number of benzene rings is 1. The second-order valence-electron chi connectivity index (χ2n) is 4.94. The minimum atomic E-state index is -0.331. The number of carbonyl (C=O) groups is 1. The predicted molar refractivity (Wildman–Crippen MR) is 85.1 cm³/mol. The average molecular weight is 328 g/mol. The van der Waals surface area contributed by atoms with Crippen molar-refractivity contribution in [3.8, 4) is 23.0 Å². The van der Waals surface area contributed by atoms with E-state index in [9.17, 15) is 4.79 Å². The van der Waals surface area contributed by atoms with Crippen molar-refractivity contribution in [1.82, 2.24) is 4.98 Å². The first-order valence-electron chi connectivity index (χ1n) is 6.92. The zero-order chi connectivity index (χ0) is 15.8. The van der Waals surface area contributed by atoms with E-state index in [4.69, 9.17) is 13.9 Å². The Morgan fingerprint density at radius 1 is 1.22 bits per heavy atom. The molecule has 3 heterocycles. The Morgan fingerprint density at radius 2 is 2.09 bits per heavy atom. The number of ether oxygens (including phenoxy) is 2. The SMILES string of the molecule is Cc1nc(-c2ccc(C(=O)Nc3ccc4c(c3)OCO4)o2)cs1. The number of thiazole rings is 1. The molecule has 0 unspecified atom stereocenters. The summed E-state index contributed by atoms with van der Waals surface area (Å²) in [6.45, 7) is 2.12. The summed E-state index contributed by atoms with van der Waals surface area (Å²) < 4.78 is 16.1. The van der Waals surface area contributed by atoms with E-state index in [1.165, 1.54) is 11.3 Å². The van der Waals surface area contributed by atoms with Crippen molar-refractivity contribution in [1.29, 1.82) is 0 Å². The molecule has 4 rings (SSSR count). The summed E-state index contributed by atoms with van der Waals surface area (Å²) in [4.78, 5) is 16.6. The van der Waals surface area contributed by atoms with Gasteiger partial charge in [-0.15, -0.1) is 11.3 Å². The lowest BCUT2D eigenvalue weighted by molar-refractivity contribution is 0.0997. The number of furan rings is 1. The molecule has 1 N–H and O–H groups in total. The first-order valence-corrected chi connectivity index (χ1v) is 7.80. The quantitative estimate of drug-likeness (QED) is 0.793. The number of aromatic nitrogens is 1. The molecule has 2 aromatic heterocycles. The molecule has 1 aromatic carbocycles. The van der Waals surface area contributed by atoms with Crippen LogP contribution in [0.15, 0.2) is 40.1 Å². The van der Waals surface area contributed by atoms with Crippen molar-refractivity contribution >= 4 is 22.9 Å². The molecule has 1 amide bonds. The molecule has 0 bridgehead atoms. The maximum atomic E-state index is 12.3. The lowest BCUT2D eigenvalue weighted by atomic mass is 10.2. The number of aryl methyl sites for hydroxylation is 1. The number of fused-ring (bicyclic) bond motifs is 1. The van der Waals surface area contributed by atoms with Crippen LogP contribution >= 0.6 is 11.3 Å². The highest BCUT2D eigenvalue weighted by Gasteiger charge is 2.17. The Labute approximate surface area is 135 Å². The van der Waals surface area contributed by atoms with E-state index in [0.29, 0.717) is 22.9 Å². The maximum absolute atomic E-state index is 12.3. The van der Waals surface area contributed by atoms with Crippen LogP contribution in [0.4, 0.5) is 5.69 Å². The number of nitrogens with zero attached hydrogens (tertiary/aromatic N) is 1. The smallest absolute Gasteiger partial charge is 0.291 e. The number of anilines is 1. The highest BCUT2D eigenvalue weighted by Crippen LogP contribution is 2.34. The van der Waals surface area contributed by atoms with Crippen LogP contribution in [0.2, 0.25) is 0 Å². The highest BCUT2D eigenvalue weighted by atomic mass is 32.1. The van der Waals surface area contributed by atoms with E-state index in [1.807, 2.05) is 12.3 Å². The van der Waals surface area contributed by atoms with Gasteiger partial charge in [-0.2, -0.15) is 0 Å². The molecule has 0 spiro atoms. The van der Waals surface area contributed by atoms with Gasteiger partial charge in [-0.3, -0.25) is 4.79 Å². The molecule has 3 aromatic rings. The monoisotopic (exact) mass is 328 g/mol. The molecule has 6 nitrogen and oxygen atoms in total. The Balaban J connectivity index is 1.52. The number of amides is 1. The zero-order valence-corrected chi connectivity index (χ0v) is 13.0. The molecule has 116 valence electrons. The van der Waals surface area contributed by atoms with Gasteiger partial charge in [0.25, 0.3) is 5.91 Å². The largest absolute Gasteiger partial charge is 0.454 e. The molecule has 23 heavy (non-hydrogen) atoms. The fourth-order valence-electron chi connectivity index (χ4n) is 2.24. The van der Waals surface area contributed by atoms with E-state index < -0.39 is 0 Å². The Kier molecular flexibility index (Phi) is 3.27. The van der Waals surface area contributed by atoms with Gasteiger partial charge < -0.3 is 19.2 Å². The van der Waals surface area contributed by atoms with Crippen molar-refractivity contribution in [3.63, 3.8) is 0 Å². The van der Waals surface area contributed by atoms with Crippen LogP contribution in [0, 0.1) is 6.92 Å². The van der Waals surface area contributed by atoms with Crippen LogP contribution in [0.1, 0.15) is 15.6 Å². The molecule has 0 radical (unpaired) electrons. The van der Waals surface area contributed by atoms with Crippen molar-refractivity contribution in [2.24, 2.45) is 0 Å². The third-order valence-corrected chi connectivity index (χ3v) is 4.11. The summed E-state index contributed by atoms with van der Waals surface area (Å²) in [5.74, 6) is 1.75. The maximum Gasteiger partial charge on any atom is 0.291 e. The first-order chi connectivity index (χ1) is 11.2. The van der Waals surface area contributed by atoms with E-state index in [1.54, 1.807) is 30.3 Å². The van der Waals surface area contributed by atoms with E-state index in [-0.39, 0.29) is 18.5 Å². The van der Waals surface area contributed by atoms with Gasteiger partial charge in [0.2, 0.25) is 6.79 Å².